The van der Waals surface area contributed by atoms with E-state index >= 15 is 0 Å². The van der Waals surface area contributed by atoms with Gasteiger partial charge in [-0.15, -0.1) is 0 Å². The lowest BCUT2D eigenvalue weighted by Gasteiger charge is -2.22. The molecule has 0 aromatic heterocycles. The summed E-state index contributed by atoms with van der Waals surface area (Å²) in [5.74, 6) is -1.88. The molecule has 0 saturated carbocycles. The van der Waals surface area contributed by atoms with Crippen molar-refractivity contribution in [1.82, 2.24) is 15.5 Å². The first-order valence-electron chi connectivity index (χ1n) is 7.05. The number of hydrogen-bond donors (Lipinski definition) is 2. The normalized spacial score (nSPS) is 20.2. The largest absolute Gasteiger partial charge is 0.405 e. The topological polar surface area (TPSA) is 102 Å². The number of hydrogen-bond acceptors (Lipinski definition) is 4. The molecule has 1 aromatic rings. The predicted molar refractivity (Wildman–Crippen MR) is 77.8 cm³/mol. The number of rotatable bonds is 4. The molecule has 132 valence electrons. The average molecular weight is 354 g/mol. The smallest absolute Gasteiger partial charge is 0.345 e. The maximum absolute atomic E-state index is 12.5. The molecular weight excluding hydrogens is 341 g/mol. The van der Waals surface area contributed by atoms with E-state index in [1.165, 1.54) is 31.2 Å². The Morgan fingerprint density at radius 3 is 2.44 bits per heavy atom. The van der Waals surface area contributed by atoms with E-state index in [9.17, 15) is 27.6 Å². The zero-order valence-electron chi connectivity index (χ0n) is 13.0. The first-order chi connectivity index (χ1) is 11.6. The van der Waals surface area contributed by atoms with Crippen molar-refractivity contribution in [2.75, 3.05) is 13.1 Å². The van der Waals surface area contributed by atoms with Crippen LogP contribution in [0.15, 0.2) is 24.3 Å². The van der Waals surface area contributed by atoms with E-state index in [2.05, 4.69) is 5.32 Å². The zero-order valence-corrected chi connectivity index (χ0v) is 13.0. The third-order valence-corrected chi connectivity index (χ3v) is 3.65. The van der Waals surface area contributed by atoms with Crippen molar-refractivity contribution < 1.29 is 27.6 Å². The molecule has 0 bridgehead atoms. The van der Waals surface area contributed by atoms with Crippen molar-refractivity contribution in [2.45, 2.75) is 18.6 Å². The molecule has 10 heteroatoms. The Labute approximate surface area is 140 Å². The van der Waals surface area contributed by atoms with Crippen LogP contribution in [-0.2, 0) is 15.1 Å². The Morgan fingerprint density at radius 1 is 1.32 bits per heavy atom. The van der Waals surface area contributed by atoms with Crippen molar-refractivity contribution in [3.63, 3.8) is 0 Å². The minimum Gasteiger partial charge on any atom is -0.345 e. The Bertz CT molecular complexity index is 755. The highest BCUT2D eigenvalue weighted by Crippen LogP contribution is 2.28. The number of nitrogens with one attached hydrogen (secondary N) is 2. The van der Waals surface area contributed by atoms with E-state index in [1.54, 1.807) is 5.32 Å². The number of carbonyl (C=O) groups is 3. The van der Waals surface area contributed by atoms with Crippen LogP contribution in [0.4, 0.5) is 18.0 Å². The Hall–Kier alpha value is -3.09. The molecule has 0 radical (unpaired) electrons. The van der Waals surface area contributed by atoms with Crippen LogP contribution in [0.5, 0.6) is 0 Å². The summed E-state index contributed by atoms with van der Waals surface area (Å²) in [6, 6.07) is 6.89. The lowest BCUT2D eigenvalue weighted by Crippen LogP contribution is -2.44. The maximum atomic E-state index is 12.5. The highest BCUT2D eigenvalue weighted by Gasteiger charge is 2.49. The minimum atomic E-state index is -4.59. The van der Waals surface area contributed by atoms with Gasteiger partial charge in [-0.3, -0.25) is 14.5 Å². The summed E-state index contributed by atoms with van der Waals surface area (Å²) in [7, 11) is 0. The average Bonchev–Trinajstić information content (AvgIpc) is 2.77. The number of nitrogens with zero attached hydrogens (tertiary/aromatic N) is 2. The van der Waals surface area contributed by atoms with Gasteiger partial charge in [0.1, 0.15) is 18.6 Å². The lowest BCUT2D eigenvalue weighted by molar-refractivity contribution is -0.141. The van der Waals surface area contributed by atoms with E-state index in [0.29, 0.717) is 16.0 Å². The summed E-state index contributed by atoms with van der Waals surface area (Å²) < 4.78 is 36.3. The second-order valence-electron chi connectivity index (χ2n) is 5.53. The van der Waals surface area contributed by atoms with Crippen LogP contribution in [-0.4, -0.2) is 42.0 Å². The second kappa shape index (κ2) is 6.43. The van der Waals surface area contributed by atoms with E-state index in [0.717, 1.165) is 0 Å². The fraction of sp³-hybridized carbons (Fsp3) is 0.333. The summed E-state index contributed by atoms with van der Waals surface area (Å²) in [4.78, 5) is 36.6. The second-order valence-corrected chi connectivity index (χ2v) is 5.53. The number of nitriles is 1. The first kappa shape index (κ1) is 18.3. The van der Waals surface area contributed by atoms with Crippen LogP contribution in [0.2, 0.25) is 0 Å². The van der Waals surface area contributed by atoms with Crippen molar-refractivity contribution in [2.24, 2.45) is 0 Å². The molecule has 1 aliphatic rings. The SMILES string of the molecule is CC1(c2ccc(C#N)cc2)NC(=O)N(CC(=O)NCC(F)(F)F)C1=O. The summed E-state index contributed by atoms with van der Waals surface area (Å²) >= 11 is 0. The number of halogens is 3. The number of carbonyl (C=O) groups excluding carboxylic acids is 3. The predicted octanol–water partition coefficient (Wildman–Crippen LogP) is 1.00. The third-order valence-electron chi connectivity index (χ3n) is 3.65. The van der Waals surface area contributed by atoms with Crippen LogP contribution in [0.1, 0.15) is 18.1 Å². The van der Waals surface area contributed by atoms with Gasteiger partial charge in [0.15, 0.2) is 0 Å². The molecular formula is C15H13F3N4O3. The summed E-state index contributed by atoms with van der Waals surface area (Å²) in [5, 5.41) is 12.8. The molecule has 2 rings (SSSR count). The Balaban J connectivity index is 2.13. The standard InChI is InChI=1S/C15H13F3N4O3/c1-14(10-4-2-9(6-19)3-5-10)12(24)22(13(25)21-14)7-11(23)20-8-15(16,17)18/h2-5H,7-8H2,1H3,(H,20,23)(H,21,25). The van der Waals surface area contributed by atoms with Crippen LogP contribution in [0, 0.1) is 11.3 Å². The molecule has 1 aliphatic heterocycles. The van der Waals surface area contributed by atoms with Gasteiger partial charge in [-0.1, -0.05) is 12.1 Å². The molecule has 0 aliphatic carbocycles. The van der Waals surface area contributed by atoms with E-state index < -0.39 is 42.7 Å². The van der Waals surface area contributed by atoms with E-state index in [4.69, 9.17) is 5.26 Å². The van der Waals surface area contributed by atoms with Crippen LogP contribution < -0.4 is 10.6 Å². The molecule has 1 saturated heterocycles. The molecule has 0 spiro atoms. The van der Waals surface area contributed by atoms with E-state index in [-0.39, 0.29) is 0 Å². The summed E-state index contributed by atoms with van der Waals surface area (Å²) in [6.45, 7) is -0.975. The van der Waals surface area contributed by atoms with Crippen molar-refractivity contribution >= 4 is 17.8 Å². The van der Waals surface area contributed by atoms with Gasteiger partial charge in [0.2, 0.25) is 5.91 Å². The molecule has 1 fully saturated rings. The van der Waals surface area contributed by atoms with Crippen LogP contribution in [0.25, 0.3) is 0 Å². The van der Waals surface area contributed by atoms with Crippen LogP contribution >= 0.6 is 0 Å². The van der Waals surface area contributed by atoms with Gasteiger partial charge in [0, 0.05) is 0 Å². The molecule has 4 amide bonds. The number of urea groups is 1. The number of benzene rings is 1. The first-order valence-corrected chi connectivity index (χ1v) is 7.05. The van der Waals surface area contributed by atoms with Crippen molar-refractivity contribution in [3.05, 3.63) is 35.4 Å². The molecule has 1 heterocycles. The maximum Gasteiger partial charge on any atom is 0.405 e. The van der Waals surface area contributed by atoms with Gasteiger partial charge in [0.25, 0.3) is 5.91 Å². The number of amides is 4. The van der Waals surface area contributed by atoms with Gasteiger partial charge in [-0.25, -0.2) is 4.79 Å². The molecule has 25 heavy (non-hydrogen) atoms. The van der Waals surface area contributed by atoms with Gasteiger partial charge in [-0.05, 0) is 24.6 Å². The van der Waals surface area contributed by atoms with Gasteiger partial charge in [-0.2, -0.15) is 18.4 Å². The Kier molecular flexibility index (Phi) is 4.69. The minimum absolute atomic E-state index is 0.354. The summed E-state index contributed by atoms with van der Waals surface area (Å²) in [6.07, 6.45) is -4.59. The van der Waals surface area contributed by atoms with Crippen molar-refractivity contribution in [1.29, 1.82) is 5.26 Å². The van der Waals surface area contributed by atoms with Crippen molar-refractivity contribution in [3.8, 4) is 6.07 Å². The highest BCUT2D eigenvalue weighted by molar-refractivity contribution is 6.09. The lowest BCUT2D eigenvalue weighted by atomic mass is 9.91. The fourth-order valence-corrected chi connectivity index (χ4v) is 2.31. The molecule has 2 N–H and O–H groups in total. The third kappa shape index (κ3) is 3.88. The Morgan fingerprint density at radius 2 is 1.92 bits per heavy atom. The number of imide groups is 1. The number of alkyl halides is 3. The van der Waals surface area contributed by atoms with Gasteiger partial charge >= 0.3 is 12.2 Å². The van der Waals surface area contributed by atoms with Crippen LogP contribution in [0.3, 0.4) is 0 Å². The molecule has 1 atom stereocenters. The molecule has 1 aromatic carbocycles. The highest BCUT2D eigenvalue weighted by atomic mass is 19.4. The molecule has 7 nitrogen and oxygen atoms in total. The quantitative estimate of drug-likeness (QED) is 0.788. The fourth-order valence-electron chi connectivity index (χ4n) is 2.31. The monoisotopic (exact) mass is 354 g/mol. The van der Waals surface area contributed by atoms with Gasteiger partial charge < -0.3 is 10.6 Å². The van der Waals surface area contributed by atoms with E-state index in [1.807, 2.05) is 6.07 Å². The zero-order chi connectivity index (χ0) is 18.8. The summed E-state index contributed by atoms with van der Waals surface area (Å²) in [5.41, 5.74) is -0.745. The molecule has 1 unspecified atom stereocenters. The van der Waals surface area contributed by atoms with Gasteiger partial charge in [0.05, 0.1) is 11.6 Å².